The Kier molecular flexibility index (Phi) is 5.81. The van der Waals surface area contributed by atoms with E-state index in [-0.39, 0.29) is 12.4 Å². The Morgan fingerprint density at radius 3 is 2.04 bits per heavy atom. The number of halogens is 3. The second-order valence-corrected chi connectivity index (χ2v) is 5.82. The lowest BCUT2D eigenvalue weighted by molar-refractivity contribution is -0.274. The zero-order valence-electron chi connectivity index (χ0n) is 14.4. The van der Waals surface area contributed by atoms with Gasteiger partial charge in [0.2, 0.25) is 0 Å². The Morgan fingerprint density at radius 1 is 0.893 bits per heavy atom. The van der Waals surface area contributed by atoms with Crippen molar-refractivity contribution in [3.63, 3.8) is 0 Å². The van der Waals surface area contributed by atoms with Crippen molar-refractivity contribution in [2.75, 3.05) is 6.61 Å². The quantitative estimate of drug-likeness (QED) is 0.649. The van der Waals surface area contributed by atoms with Crippen molar-refractivity contribution >= 4 is 0 Å². The van der Waals surface area contributed by atoms with Gasteiger partial charge in [-0.05, 0) is 66.2 Å². The van der Waals surface area contributed by atoms with E-state index in [9.17, 15) is 18.3 Å². The second kappa shape index (κ2) is 8.28. The van der Waals surface area contributed by atoms with Crippen LogP contribution in [-0.4, -0.2) is 28.2 Å². The van der Waals surface area contributed by atoms with Gasteiger partial charge in [0.05, 0.1) is 12.3 Å². The first-order valence-corrected chi connectivity index (χ1v) is 8.23. The standard InChI is InChI=1S/C20H16F3NO4/c21-20(22,23)28-17-7-5-16(6-8-17)27-15-3-1-13(2-4-15)18-11-14(9-10-24-18)19(26)12-25/h1-11,19,25-26H,12H2/t19-/m1/s1. The van der Waals surface area contributed by atoms with Crippen LogP contribution < -0.4 is 9.47 Å². The van der Waals surface area contributed by atoms with Crippen molar-refractivity contribution in [3.05, 3.63) is 72.4 Å². The van der Waals surface area contributed by atoms with E-state index in [0.717, 1.165) is 5.56 Å². The van der Waals surface area contributed by atoms with E-state index >= 15 is 0 Å². The predicted octanol–water partition coefficient (Wildman–Crippen LogP) is 4.47. The van der Waals surface area contributed by atoms with Gasteiger partial charge in [-0.1, -0.05) is 0 Å². The van der Waals surface area contributed by atoms with Crippen LogP contribution in [0.5, 0.6) is 17.2 Å². The summed E-state index contributed by atoms with van der Waals surface area (Å²) in [5.74, 6) is 0.513. The van der Waals surface area contributed by atoms with Crippen molar-refractivity contribution in [1.29, 1.82) is 0 Å². The number of alkyl halides is 3. The number of benzene rings is 2. The van der Waals surface area contributed by atoms with Crippen molar-refractivity contribution in [2.24, 2.45) is 0 Å². The molecular weight excluding hydrogens is 375 g/mol. The highest BCUT2D eigenvalue weighted by atomic mass is 19.4. The number of hydrogen-bond acceptors (Lipinski definition) is 5. The third kappa shape index (κ3) is 5.21. The molecule has 1 heterocycles. The van der Waals surface area contributed by atoms with Gasteiger partial charge in [-0.3, -0.25) is 4.98 Å². The Morgan fingerprint density at radius 2 is 1.46 bits per heavy atom. The van der Waals surface area contributed by atoms with Crippen LogP contribution in [0.4, 0.5) is 13.2 Å². The van der Waals surface area contributed by atoms with Gasteiger partial charge in [-0.15, -0.1) is 13.2 Å². The minimum absolute atomic E-state index is 0.328. The highest BCUT2D eigenvalue weighted by Crippen LogP contribution is 2.29. The molecule has 0 aliphatic rings. The van der Waals surface area contributed by atoms with Crippen LogP contribution >= 0.6 is 0 Å². The highest BCUT2D eigenvalue weighted by molar-refractivity contribution is 5.61. The molecular formula is C20H16F3NO4. The molecule has 8 heteroatoms. The maximum absolute atomic E-state index is 12.2. The monoisotopic (exact) mass is 391 g/mol. The molecule has 3 rings (SSSR count). The fourth-order valence-electron chi connectivity index (χ4n) is 2.46. The van der Waals surface area contributed by atoms with Gasteiger partial charge in [0.25, 0.3) is 0 Å². The molecule has 0 radical (unpaired) electrons. The Labute approximate surface area is 158 Å². The van der Waals surface area contributed by atoms with E-state index in [4.69, 9.17) is 9.84 Å². The predicted molar refractivity (Wildman–Crippen MR) is 94.9 cm³/mol. The molecule has 0 spiro atoms. The third-order valence-corrected chi connectivity index (χ3v) is 3.78. The van der Waals surface area contributed by atoms with Gasteiger partial charge < -0.3 is 19.7 Å². The zero-order chi connectivity index (χ0) is 20.1. The van der Waals surface area contributed by atoms with E-state index in [1.54, 1.807) is 42.6 Å². The molecule has 2 N–H and O–H groups in total. The number of ether oxygens (including phenoxy) is 2. The minimum atomic E-state index is -4.74. The number of hydrogen-bond donors (Lipinski definition) is 2. The number of pyridine rings is 1. The number of rotatable bonds is 6. The summed E-state index contributed by atoms with van der Waals surface area (Å²) < 4.78 is 45.9. The molecule has 0 saturated heterocycles. The van der Waals surface area contributed by atoms with E-state index < -0.39 is 12.5 Å². The van der Waals surface area contributed by atoms with Crippen molar-refractivity contribution in [2.45, 2.75) is 12.5 Å². The molecule has 0 saturated carbocycles. The molecule has 1 aromatic heterocycles. The van der Waals surface area contributed by atoms with Crippen LogP contribution in [0.15, 0.2) is 66.9 Å². The number of nitrogens with zero attached hydrogens (tertiary/aromatic N) is 1. The Bertz CT molecular complexity index is 912. The maximum Gasteiger partial charge on any atom is 0.573 e. The average molecular weight is 391 g/mol. The average Bonchev–Trinajstić information content (AvgIpc) is 2.68. The molecule has 0 aliphatic carbocycles. The summed E-state index contributed by atoms with van der Waals surface area (Å²) in [6.07, 6.45) is -4.18. The zero-order valence-corrected chi connectivity index (χ0v) is 14.4. The lowest BCUT2D eigenvalue weighted by atomic mass is 10.1. The minimum Gasteiger partial charge on any atom is -0.457 e. The first-order valence-electron chi connectivity index (χ1n) is 8.23. The van der Waals surface area contributed by atoms with Crippen LogP contribution in [0.1, 0.15) is 11.7 Å². The van der Waals surface area contributed by atoms with Gasteiger partial charge in [0.1, 0.15) is 23.4 Å². The third-order valence-electron chi connectivity index (χ3n) is 3.78. The summed E-state index contributed by atoms with van der Waals surface area (Å²) >= 11 is 0. The molecule has 0 bridgehead atoms. The van der Waals surface area contributed by atoms with Gasteiger partial charge >= 0.3 is 6.36 Å². The van der Waals surface area contributed by atoms with Crippen molar-refractivity contribution < 1.29 is 32.9 Å². The number of aliphatic hydroxyl groups excluding tert-OH is 2. The fraction of sp³-hybridized carbons (Fsp3) is 0.150. The van der Waals surface area contributed by atoms with Crippen LogP contribution in [0.2, 0.25) is 0 Å². The Balaban J connectivity index is 1.69. The molecule has 0 unspecified atom stereocenters. The number of aromatic nitrogens is 1. The van der Waals surface area contributed by atoms with E-state index in [0.29, 0.717) is 22.8 Å². The fourth-order valence-corrected chi connectivity index (χ4v) is 2.46. The van der Waals surface area contributed by atoms with Gasteiger partial charge in [-0.25, -0.2) is 0 Å². The molecule has 28 heavy (non-hydrogen) atoms. The molecule has 3 aromatic rings. The first kappa shape index (κ1) is 19.7. The van der Waals surface area contributed by atoms with Gasteiger partial charge in [0, 0.05) is 11.8 Å². The molecule has 0 fully saturated rings. The van der Waals surface area contributed by atoms with Gasteiger partial charge in [-0.2, -0.15) is 0 Å². The van der Waals surface area contributed by atoms with Crippen LogP contribution in [-0.2, 0) is 0 Å². The molecule has 0 aliphatic heterocycles. The van der Waals surface area contributed by atoms with Gasteiger partial charge in [0.15, 0.2) is 0 Å². The molecule has 146 valence electrons. The molecule has 0 amide bonds. The topological polar surface area (TPSA) is 71.8 Å². The summed E-state index contributed by atoms with van der Waals surface area (Å²) in [6.45, 7) is -0.386. The molecule has 2 aromatic carbocycles. The maximum atomic E-state index is 12.2. The molecule has 5 nitrogen and oxygen atoms in total. The first-order chi connectivity index (χ1) is 13.3. The Hall–Kier alpha value is -3.10. The second-order valence-electron chi connectivity index (χ2n) is 5.82. The summed E-state index contributed by atoms with van der Waals surface area (Å²) in [7, 11) is 0. The van der Waals surface area contributed by atoms with E-state index in [1.807, 2.05) is 0 Å². The summed E-state index contributed by atoms with van der Waals surface area (Å²) in [4.78, 5) is 4.24. The number of aliphatic hydroxyl groups is 2. The van der Waals surface area contributed by atoms with E-state index in [2.05, 4.69) is 9.72 Å². The molecule has 1 atom stereocenters. The largest absolute Gasteiger partial charge is 0.573 e. The van der Waals surface area contributed by atoms with Crippen LogP contribution in [0.3, 0.4) is 0 Å². The lowest BCUT2D eigenvalue weighted by Crippen LogP contribution is -2.16. The summed E-state index contributed by atoms with van der Waals surface area (Å²) in [5, 5.41) is 18.8. The highest BCUT2D eigenvalue weighted by Gasteiger charge is 2.30. The summed E-state index contributed by atoms with van der Waals surface area (Å²) in [6, 6.07) is 15.3. The van der Waals surface area contributed by atoms with Crippen molar-refractivity contribution in [1.82, 2.24) is 4.98 Å². The van der Waals surface area contributed by atoms with E-state index in [1.165, 1.54) is 24.3 Å². The smallest absolute Gasteiger partial charge is 0.457 e. The summed E-state index contributed by atoms with van der Waals surface area (Å²) in [5.41, 5.74) is 1.94. The lowest BCUT2D eigenvalue weighted by Gasteiger charge is -2.11. The SMILES string of the molecule is OC[C@@H](O)c1ccnc(-c2ccc(Oc3ccc(OC(F)(F)F)cc3)cc2)c1. The van der Waals surface area contributed by atoms with Crippen LogP contribution in [0.25, 0.3) is 11.3 Å². The van der Waals surface area contributed by atoms with Crippen LogP contribution in [0, 0.1) is 0 Å². The normalized spacial score (nSPS) is 12.5. The van der Waals surface area contributed by atoms with Crippen molar-refractivity contribution in [3.8, 4) is 28.5 Å².